The Labute approximate surface area is 60.0 Å². The molecule has 0 unspecified atom stereocenters. The van der Waals surface area contributed by atoms with Crippen molar-refractivity contribution in [1.82, 2.24) is 10.6 Å². The summed E-state index contributed by atoms with van der Waals surface area (Å²) in [5.41, 5.74) is 0. The first-order valence-electron chi connectivity index (χ1n) is 2.91. The van der Waals surface area contributed by atoms with Crippen molar-refractivity contribution < 1.29 is 9.59 Å². The molecule has 0 spiro atoms. The average Bonchev–Trinajstić information content (AvgIpc) is 1.85. The summed E-state index contributed by atoms with van der Waals surface area (Å²) in [6.45, 7) is 2.90. The number of amides is 2. The molecule has 0 fully saturated rings. The predicted octanol–water partition coefficient (Wildman–Crippen LogP) is -0.580. The van der Waals surface area contributed by atoms with Crippen LogP contribution in [0.15, 0.2) is 0 Å². The van der Waals surface area contributed by atoms with Gasteiger partial charge >= 0.3 is 0 Å². The van der Waals surface area contributed by atoms with E-state index in [-0.39, 0.29) is 11.8 Å². The van der Waals surface area contributed by atoms with Gasteiger partial charge in [0.1, 0.15) is 6.04 Å². The van der Waals surface area contributed by atoms with Crippen molar-refractivity contribution in [2.24, 2.45) is 0 Å². The van der Waals surface area contributed by atoms with E-state index in [0.29, 0.717) is 6.04 Å². The Morgan fingerprint density at radius 1 is 1.20 bits per heavy atom. The molecular weight excluding hydrogens is 132 g/mol. The summed E-state index contributed by atoms with van der Waals surface area (Å²) in [5.74, 6) is -0.503. The smallest absolute Gasteiger partial charge is 0.248 e. The van der Waals surface area contributed by atoms with E-state index in [1.54, 1.807) is 6.92 Å². The zero-order valence-electron chi connectivity index (χ0n) is 6.32. The summed E-state index contributed by atoms with van der Waals surface area (Å²) in [5, 5.41) is 4.74. The second-order valence-electron chi connectivity index (χ2n) is 1.89. The Balaban J connectivity index is 3.72. The largest absolute Gasteiger partial charge is 0.357 e. The number of likely N-dealkylation sites (N-methyl/N-ethyl adjacent to an activating group) is 1. The minimum atomic E-state index is -0.268. The Hall–Kier alpha value is -1.06. The van der Waals surface area contributed by atoms with Crippen LogP contribution in [-0.4, -0.2) is 18.9 Å². The van der Waals surface area contributed by atoms with E-state index in [4.69, 9.17) is 0 Å². The second kappa shape index (κ2) is 3.87. The fourth-order valence-electron chi connectivity index (χ4n) is 0.508. The Morgan fingerprint density at radius 2 is 1.70 bits per heavy atom. The molecule has 2 N–H and O–H groups in total. The van der Waals surface area contributed by atoms with Gasteiger partial charge in [-0.2, -0.15) is 0 Å². The number of carbonyl (C=O) groups excluding carboxylic acids is 2. The SMILES string of the molecule is CNC(=O)[C](C)NC(C)=O. The van der Waals surface area contributed by atoms with Gasteiger partial charge in [-0.25, -0.2) is 0 Å². The highest BCUT2D eigenvalue weighted by Gasteiger charge is 2.11. The normalized spacial score (nSPS) is 9.20. The Morgan fingerprint density at radius 3 is 2.00 bits per heavy atom. The van der Waals surface area contributed by atoms with Crippen molar-refractivity contribution in [1.29, 1.82) is 0 Å². The molecule has 0 atom stereocenters. The molecule has 1 radical (unpaired) electrons. The van der Waals surface area contributed by atoms with Gasteiger partial charge in [0, 0.05) is 14.0 Å². The summed E-state index contributed by atoms with van der Waals surface area (Å²) < 4.78 is 0. The minimum Gasteiger partial charge on any atom is -0.357 e. The summed E-state index contributed by atoms with van der Waals surface area (Å²) in [4.78, 5) is 21.0. The van der Waals surface area contributed by atoms with Crippen LogP contribution in [-0.2, 0) is 9.59 Å². The average molecular weight is 143 g/mol. The quantitative estimate of drug-likeness (QED) is 0.543. The molecule has 0 aliphatic heterocycles. The Bertz CT molecular complexity index is 145. The molecule has 0 aliphatic rings. The molecule has 0 rings (SSSR count). The molecule has 10 heavy (non-hydrogen) atoms. The van der Waals surface area contributed by atoms with E-state index in [1.165, 1.54) is 14.0 Å². The zero-order valence-corrected chi connectivity index (χ0v) is 6.32. The van der Waals surface area contributed by atoms with Crippen LogP contribution in [0, 0.1) is 6.04 Å². The van der Waals surface area contributed by atoms with Gasteiger partial charge in [0.15, 0.2) is 0 Å². The molecule has 2 amide bonds. The van der Waals surface area contributed by atoms with E-state index in [1.807, 2.05) is 0 Å². The molecule has 57 valence electrons. The maximum atomic E-state index is 10.7. The van der Waals surface area contributed by atoms with Crippen molar-refractivity contribution in [3.63, 3.8) is 0 Å². The summed E-state index contributed by atoms with van der Waals surface area (Å²) in [6.07, 6.45) is 0. The van der Waals surface area contributed by atoms with Crippen molar-refractivity contribution in [2.45, 2.75) is 13.8 Å². The lowest BCUT2D eigenvalue weighted by molar-refractivity contribution is -0.124. The van der Waals surface area contributed by atoms with Crippen LogP contribution < -0.4 is 10.6 Å². The van der Waals surface area contributed by atoms with Gasteiger partial charge in [0.2, 0.25) is 11.8 Å². The minimum absolute atomic E-state index is 0.235. The van der Waals surface area contributed by atoms with Crippen LogP contribution in [0.2, 0.25) is 0 Å². The lowest BCUT2D eigenvalue weighted by Crippen LogP contribution is -2.36. The van der Waals surface area contributed by atoms with Gasteiger partial charge in [-0.15, -0.1) is 0 Å². The number of carbonyl (C=O) groups is 2. The third kappa shape index (κ3) is 3.06. The highest BCUT2D eigenvalue weighted by molar-refractivity contribution is 5.92. The molecule has 0 saturated heterocycles. The molecule has 4 heteroatoms. The lowest BCUT2D eigenvalue weighted by Gasteiger charge is -2.07. The lowest BCUT2D eigenvalue weighted by atomic mass is 10.3. The zero-order chi connectivity index (χ0) is 8.15. The molecule has 0 aromatic heterocycles. The maximum absolute atomic E-state index is 10.7. The van der Waals surface area contributed by atoms with Gasteiger partial charge in [-0.1, -0.05) is 0 Å². The molecule has 0 aliphatic carbocycles. The Kier molecular flexibility index (Phi) is 3.46. The summed E-state index contributed by atoms with van der Waals surface area (Å²) in [7, 11) is 1.51. The number of hydrogen-bond donors (Lipinski definition) is 2. The predicted molar refractivity (Wildman–Crippen MR) is 36.8 cm³/mol. The maximum Gasteiger partial charge on any atom is 0.248 e. The van der Waals surface area contributed by atoms with Crippen molar-refractivity contribution in [2.75, 3.05) is 7.05 Å². The van der Waals surface area contributed by atoms with Crippen molar-refractivity contribution in [3.05, 3.63) is 6.04 Å². The van der Waals surface area contributed by atoms with E-state index in [0.717, 1.165) is 0 Å². The summed E-state index contributed by atoms with van der Waals surface area (Å²) >= 11 is 0. The first kappa shape index (κ1) is 8.94. The van der Waals surface area contributed by atoms with Crippen LogP contribution in [0.25, 0.3) is 0 Å². The topological polar surface area (TPSA) is 58.2 Å². The van der Waals surface area contributed by atoms with Gasteiger partial charge in [0.25, 0.3) is 0 Å². The van der Waals surface area contributed by atoms with Gasteiger partial charge < -0.3 is 10.6 Å². The first-order chi connectivity index (χ1) is 4.57. The number of rotatable bonds is 2. The molecule has 0 saturated carbocycles. The van der Waals surface area contributed by atoms with Gasteiger partial charge in [0.05, 0.1) is 0 Å². The molecule has 0 aromatic carbocycles. The monoisotopic (exact) mass is 143 g/mol. The van der Waals surface area contributed by atoms with Gasteiger partial charge in [-0.3, -0.25) is 9.59 Å². The van der Waals surface area contributed by atoms with E-state index >= 15 is 0 Å². The molecular formula is C6H11N2O2. The van der Waals surface area contributed by atoms with Crippen LogP contribution in [0.1, 0.15) is 13.8 Å². The molecule has 0 heterocycles. The first-order valence-corrected chi connectivity index (χ1v) is 2.91. The van der Waals surface area contributed by atoms with Crippen molar-refractivity contribution in [3.8, 4) is 0 Å². The van der Waals surface area contributed by atoms with Crippen molar-refractivity contribution >= 4 is 11.8 Å². The second-order valence-corrected chi connectivity index (χ2v) is 1.89. The highest BCUT2D eigenvalue weighted by Crippen LogP contribution is 1.89. The van der Waals surface area contributed by atoms with Crippen LogP contribution in [0.4, 0.5) is 0 Å². The fraction of sp³-hybridized carbons (Fsp3) is 0.500. The van der Waals surface area contributed by atoms with E-state index in [9.17, 15) is 9.59 Å². The summed E-state index contributed by atoms with van der Waals surface area (Å²) in [6, 6.07) is 0.315. The molecule has 0 bridgehead atoms. The number of hydrogen-bond acceptors (Lipinski definition) is 2. The fourth-order valence-corrected chi connectivity index (χ4v) is 0.508. The molecule has 4 nitrogen and oxygen atoms in total. The third-order valence-corrected chi connectivity index (χ3v) is 0.931. The van der Waals surface area contributed by atoms with E-state index in [2.05, 4.69) is 10.6 Å². The van der Waals surface area contributed by atoms with Crippen LogP contribution in [0.3, 0.4) is 0 Å². The number of nitrogens with one attached hydrogen (secondary N) is 2. The highest BCUT2D eigenvalue weighted by atomic mass is 16.2. The molecule has 0 aromatic rings. The van der Waals surface area contributed by atoms with Gasteiger partial charge in [-0.05, 0) is 6.92 Å². The van der Waals surface area contributed by atoms with Crippen LogP contribution in [0.5, 0.6) is 0 Å². The van der Waals surface area contributed by atoms with Crippen LogP contribution >= 0.6 is 0 Å². The standard InChI is InChI=1S/C6H11N2O2/c1-4(6(10)7-3)8-5(2)9/h1-3H3,(H,7,10)(H,8,9). The third-order valence-electron chi connectivity index (χ3n) is 0.931. The van der Waals surface area contributed by atoms with E-state index < -0.39 is 0 Å².